The van der Waals surface area contributed by atoms with Crippen LogP contribution in [0.5, 0.6) is 11.5 Å². The third-order valence-corrected chi connectivity index (χ3v) is 5.94. The number of hydrogen-bond donors (Lipinski definition) is 1. The Bertz CT molecular complexity index is 943. The van der Waals surface area contributed by atoms with Crippen molar-refractivity contribution >= 4 is 17.9 Å². The molecule has 3 aliphatic rings. The number of methoxy groups -OCH3 is 2. The predicted molar refractivity (Wildman–Crippen MR) is 106 cm³/mol. The van der Waals surface area contributed by atoms with Crippen molar-refractivity contribution in [3.63, 3.8) is 0 Å². The van der Waals surface area contributed by atoms with Gasteiger partial charge in [-0.25, -0.2) is 9.59 Å². The molecule has 0 saturated carbocycles. The van der Waals surface area contributed by atoms with Crippen LogP contribution in [0.15, 0.2) is 29.5 Å². The van der Waals surface area contributed by atoms with Crippen molar-refractivity contribution in [2.24, 2.45) is 5.92 Å². The number of carbonyl (C=O) groups is 3. The summed E-state index contributed by atoms with van der Waals surface area (Å²) in [7, 11) is 4.55. The van der Waals surface area contributed by atoms with E-state index >= 15 is 0 Å². The number of carbonyl (C=O) groups excluding carboxylic acids is 3. The molecule has 0 aliphatic carbocycles. The zero-order valence-electron chi connectivity index (χ0n) is 17.4. The van der Waals surface area contributed by atoms with Gasteiger partial charge in [0.05, 0.1) is 31.4 Å². The zero-order valence-corrected chi connectivity index (χ0v) is 17.4. The van der Waals surface area contributed by atoms with Crippen LogP contribution < -0.4 is 14.8 Å². The summed E-state index contributed by atoms with van der Waals surface area (Å²) in [6.45, 7) is 2.56. The highest BCUT2D eigenvalue weighted by Gasteiger charge is 2.55. The lowest BCUT2D eigenvalue weighted by Crippen LogP contribution is -2.67. The Morgan fingerprint density at radius 3 is 2.57 bits per heavy atom. The molecule has 9 heteroatoms. The molecular formula is C21H25N3O6. The van der Waals surface area contributed by atoms with E-state index in [2.05, 4.69) is 5.32 Å². The van der Waals surface area contributed by atoms with E-state index in [4.69, 9.17) is 14.2 Å². The molecule has 3 amide bonds. The minimum absolute atomic E-state index is 0.0966. The molecule has 1 saturated heterocycles. The largest absolute Gasteiger partial charge is 0.493 e. The lowest BCUT2D eigenvalue weighted by Gasteiger charge is -2.49. The highest BCUT2D eigenvalue weighted by atomic mass is 16.5. The predicted octanol–water partition coefficient (Wildman–Crippen LogP) is 1.45. The molecule has 160 valence electrons. The van der Waals surface area contributed by atoms with E-state index in [1.54, 1.807) is 24.1 Å². The van der Waals surface area contributed by atoms with Gasteiger partial charge in [-0.3, -0.25) is 9.69 Å². The van der Waals surface area contributed by atoms with Gasteiger partial charge in [0.25, 0.3) is 0 Å². The number of cyclic esters (lactones) is 1. The number of imide groups is 1. The Morgan fingerprint density at radius 2 is 1.90 bits per heavy atom. The van der Waals surface area contributed by atoms with Crippen LogP contribution >= 0.6 is 0 Å². The molecule has 1 aromatic rings. The van der Waals surface area contributed by atoms with Crippen molar-refractivity contribution in [1.82, 2.24) is 15.1 Å². The minimum atomic E-state index is -0.679. The number of rotatable bonds is 5. The number of benzene rings is 1. The van der Waals surface area contributed by atoms with E-state index in [-0.39, 0.29) is 18.5 Å². The molecule has 0 bridgehead atoms. The van der Waals surface area contributed by atoms with Gasteiger partial charge in [-0.2, -0.15) is 0 Å². The number of nitrogens with zero attached hydrogens (tertiary/aromatic N) is 2. The van der Waals surface area contributed by atoms with Crippen LogP contribution in [0.4, 0.5) is 4.79 Å². The first-order chi connectivity index (χ1) is 14.4. The van der Waals surface area contributed by atoms with Gasteiger partial charge in [0.1, 0.15) is 12.8 Å². The molecular weight excluding hydrogens is 390 g/mol. The summed E-state index contributed by atoms with van der Waals surface area (Å²) in [4.78, 5) is 41.5. The van der Waals surface area contributed by atoms with Crippen molar-refractivity contribution in [2.45, 2.75) is 25.4 Å². The highest BCUT2D eigenvalue weighted by molar-refractivity contribution is 6.02. The second-order valence-corrected chi connectivity index (χ2v) is 7.55. The highest BCUT2D eigenvalue weighted by Crippen LogP contribution is 2.46. The second kappa shape index (κ2) is 7.55. The third kappa shape index (κ3) is 2.88. The summed E-state index contributed by atoms with van der Waals surface area (Å²) in [6, 6.07) is 4.99. The van der Waals surface area contributed by atoms with E-state index in [0.717, 1.165) is 16.9 Å². The van der Waals surface area contributed by atoms with Gasteiger partial charge in [-0.15, -0.1) is 0 Å². The summed E-state index contributed by atoms with van der Waals surface area (Å²) in [5, 5.41) is 3.25. The fourth-order valence-corrected chi connectivity index (χ4v) is 4.56. The fourth-order valence-electron chi connectivity index (χ4n) is 4.56. The smallest absolute Gasteiger partial charge is 0.336 e. The maximum absolute atomic E-state index is 13.3. The van der Waals surface area contributed by atoms with E-state index in [9.17, 15) is 14.4 Å². The Hall–Kier alpha value is -3.23. The minimum Gasteiger partial charge on any atom is -0.493 e. The lowest BCUT2D eigenvalue weighted by molar-refractivity contribution is -0.140. The van der Waals surface area contributed by atoms with Crippen LogP contribution in [0.2, 0.25) is 0 Å². The molecule has 1 aromatic carbocycles. The Kier molecular flexibility index (Phi) is 5.05. The molecule has 0 aromatic heterocycles. The Balaban J connectivity index is 1.88. The Morgan fingerprint density at radius 1 is 1.17 bits per heavy atom. The van der Waals surface area contributed by atoms with Gasteiger partial charge < -0.3 is 24.4 Å². The molecule has 1 fully saturated rings. The summed E-state index contributed by atoms with van der Waals surface area (Å²) >= 11 is 0. The van der Waals surface area contributed by atoms with E-state index in [1.165, 1.54) is 14.2 Å². The summed E-state index contributed by atoms with van der Waals surface area (Å²) in [6.07, 6.45) is 0.175. The summed E-state index contributed by atoms with van der Waals surface area (Å²) in [5.74, 6) is -1.01. The number of urea groups is 1. The number of ether oxygens (including phenoxy) is 3. The SMILES string of the molecule is CCCN1C(=O)N(C)C(=O)C2C(c3ccc(OC)c(OC)c3)C3=C(COC3=O)NC21. The standard InChI is InChI=1S/C21H25N3O6/c1-5-8-24-18-17(19(25)23(2)21(24)27)15(16-12(22-18)10-30-20(16)26)11-6-7-13(28-3)14(9-11)29-4/h6-7,9,15,17-18,22H,5,8,10H2,1-4H3. The zero-order chi connectivity index (χ0) is 21.6. The molecule has 3 atom stereocenters. The Labute approximate surface area is 174 Å². The van der Waals surface area contributed by atoms with Crippen LogP contribution in [0, 0.1) is 5.92 Å². The molecule has 3 heterocycles. The fraction of sp³-hybridized carbons (Fsp3) is 0.476. The number of esters is 1. The van der Waals surface area contributed by atoms with Crippen LogP contribution in [0.3, 0.4) is 0 Å². The molecule has 4 rings (SSSR count). The van der Waals surface area contributed by atoms with Crippen LogP contribution in [-0.4, -0.2) is 68.3 Å². The molecule has 1 N–H and O–H groups in total. The second-order valence-electron chi connectivity index (χ2n) is 7.55. The van der Waals surface area contributed by atoms with E-state index in [1.807, 2.05) is 13.0 Å². The van der Waals surface area contributed by atoms with Gasteiger partial charge in [-0.1, -0.05) is 13.0 Å². The normalized spacial score (nSPS) is 25.6. The van der Waals surface area contributed by atoms with Crippen LogP contribution in [-0.2, 0) is 14.3 Å². The van der Waals surface area contributed by atoms with E-state index < -0.39 is 24.0 Å². The first-order valence-electron chi connectivity index (χ1n) is 9.89. The van der Waals surface area contributed by atoms with E-state index in [0.29, 0.717) is 29.3 Å². The molecule has 30 heavy (non-hydrogen) atoms. The lowest BCUT2D eigenvalue weighted by atomic mass is 9.74. The first kappa shape index (κ1) is 20.1. The van der Waals surface area contributed by atoms with Crippen molar-refractivity contribution in [2.75, 3.05) is 34.4 Å². The van der Waals surface area contributed by atoms with Crippen molar-refractivity contribution in [3.8, 4) is 11.5 Å². The topological polar surface area (TPSA) is 97.4 Å². The molecule has 0 radical (unpaired) electrons. The number of hydrogen-bond acceptors (Lipinski definition) is 7. The van der Waals surface area contributed by atoms with Gasteiger partial charge in [0.15, 0.2) is 11.5 Å². The van der Waals surface area contributed by atoms with Gasteiger partial charge in [0, 0.05) is 19.5 Å². The summed E-state index contributed by atoms with van der Waals surface area (Å²) < 4.78 is 16.0. The number of nitrogens with one attached hydrogen (secondary N) is 1. The van der Waals surface area contributed by atoms with Crippen molar-refractivity contribution < 1.29 is 28.6 Å². The maximum Gasteiger partial charge on any atom is 0.336 e. The maximum atomic E-state index is 13.3. The van der Waals surface area contributed by atoms with Gasteiger partial charge >= 0.3 is 12.0 Å². The van der Waals surface area contributed by atoms with Gasteiger partial charge in [0.2, 0.25) is 5.91 Å². The number of fused-ring (bicyclic) bond motifs is 1. The molecule has 9 nitrogen and oxygen atoms in total. The third-order valence-electron chi connectivity index (χ3n) is 5.94. The first-order valence-corrected chi connectivity index (χ1v) is 9.89. The van der Waals surface area contributed by atoms with Crippen LogP contribution in [0.25, 0.3) is 0 Å². The van der Waals surface area contributed by atoms with Crippen LogP contribution in [0.1, 0.15) is 24.8 Å². The summed E-state index contributed by atoms with van der Waals surface area (Å²) in [5.41, 5.74) is 1.77. The van der Waals surface area contributed by atoms with Crippen molar-refractivity contribution in [3.05, 3.63) is 35.0 Å². The molecule has 3 aliphatic heterocycles. The number of amides is 3. The molecule has 0 spiro atoms. The average Bonchev–Trinajstić information content (AvgIpc) is 3.13. The van der Waals surface area contributed by atoms with Crippen molar-refractivity contribution in [1.29, 1.82) is 0 Å². The molecule has 3 unspecified atom stereocenters. The van der Waals surface area contributed by atoms with Gasteiger partial charge in [-0.05, 0) is 24.1 Å². The quantitative estimate of drug-likeness (QED) is 0.727. The average molecular weight is 415 g/mol. The monoisotopic (exact) mass is 415 g/mol.